The largest absolute Gasteiger partial charge is 0.447 e. The van der Waals surface area contributed by atoms with Gasteiger partial charge in [0.05, 0.1) is 6.54 Å². The van der Waals surface area contributed by atoms with Gasteiger partial charge >= 0.3 is 6.09 Å². The van der Waals surface area contributed by atoms with Crippen LogP contribution >= 0.6 is 23.5 Å². The van der Waals surface area contributed by atoms with Crippen molar-refractivity contribution in [3.8, 4) is 0 Å². The number of rotatable bonds is 2. The van der Waals surface area contributed by atoms with Crippen LogP contribution in [-0.4, -0.2) is 45.6 Å². The van der Waals surface area contributed by atoms with Gasteiger partial charge in [0, 0.05) is 11.2 Å². The summed E-state index contributed by atoms with van der Waals surface area (Å²) in [5.41, 5.74) is 0. The molecule has 2 aliphatic heterocycles. The van der Waals surface area contributed by atoms with Gasteiger partial charge in [-0.2, -0.15) is 0 Å². The zero-order valence-corrected chi connectivity index (χ0v) is 11.1. The van der Waals surface area contributed by atoms with E-state index in [2.05, 4.69) is 12.2 Å². The Morgan fingerprint density at radius 1 is 1.65 bits per heavy atom. The van der Waals surface area contributed by atoms with Crippen molar-refractivity contribution in [3.05, 3.63) is 12.2 Å². The molecule has 1 aliphatic carbocycles. The van der Waals surface area contributed by atoms with E-state index in [0.29, 0.717) is 18.4 Å². The molecule has 4 nitrogen and oxygen atoms in total. The normalized spacial score (nSPS) is 38.9. The Morgan fingerprint density at radius 2 is 2.47 bits per heavy atom. The van der Waals surface area contributed by atoms with Crippen LogP contribution in [0, 0.1) is 5.92 Å². The number of nitrogens with zero attached hydrogens (tertiary/aromatic N) is 1. The predicted molar refractivity (Wildman–Crippen MR) is 67.9 cm³/mol. The van der Waals surface area contributed by atoms with Crippen molar-refractivity contribution in [1.29, 1.82) is 0 Å². The summed E-state index contributed by atoms with van der Waals surface area (Å²) in [4.78, 5) is 25.3. The van der Waals surface area contributed by atoms with Gasteiger partial charge in [-0.25, -0.2) is 9.69 Å². The molecule has 2 saturated heterocycles. The highest BCUT2D eigenvalue weighted by molar-refractivity contribution is 8.19. The first-order chi connectivity index (χ1) is 8.17. The maximum Gasteiger partial charge on any atom is 0.416 e. The van der Waals surface area contributed by atoms with Gasteiger partial charge < -0.3 is 4.74 Å². The Balaban J connectivity index is 1.89. The Labute approximate surface area is 108 Å². The first-order valence-corrected chi connectivity index (χ1v) is 7.68. The lowest BCUT2D eigenvalue weighted by molar-refractivity contribution is -0.128. The van der Waals surface area contributed by atoms with Gasteiger partial charge in [0.2, 0.25) is 0 Å². The van der Waals surface area contributed by atoms with Gasteiger partial charge in [0.1, 0.15) is 10.7 Å². The van der Waals surface area contributed by atoms with E-state index in [9.17, 15) is 9.59 Å². The first-order valence-electron chi connectivity index (χ1n) is 5.57. The third kappa shape index (κ3) is 1.53. The SMILES string of the molecule is CS[C@]1(C(=O)N2CCOC2=O)S[C@H]2C=C[C@@H]1C2. The first kappa shape index (κ1) is 11.5. The highest BCUT2D eigenvalue weighted by atomic mass is 32.2. The molecule has 3 aliphatic rings. The third-order valence-electron chi connectivity index (χ3n) is 3.47. The zero-order chi connectivity index (χ0) is 12.0. The molecule has 2 amide bonds. The number of fused-ring (bicyclic) bond motifs is 2. The number of ether oxygens (including phenoxy) is 1. The van der Waals surface area contributed by atoms with Crippen molar-refractivity contribution < 1.29 is 14.3 Å². The van der Waals surface area contributed by atoms with Crippen LogP contribution in [0.4, 0.5) is 4.79 Å². The number of carbonyl (C=O) groups excluding carboxylic acids is 2. The average Bonchev–Trinajstić information content (AvgIpc) is 3.02. The monoisotopic (exact) mass is 271 g/mol. The van der Waals surface area contributed by atoms with E-state index in [0.717, 1.165) is 6.42 Å². The quantitative estimate of drug-likeness (QED) is 0.716. The summed E-state index contributed by atoms with van der Waals surface area (Å²) in [6.45, 7) is 0.714. The maximum atomic E-state index is 12.6. The van der Waals surface area contributed by atoms with Crippen molar-refractivity contribution in [3.63, 3.8) is 0 Å². The number of allylic oxidation sites excluding steroid dienone is 1. The highest BCUT2D eigenvalue weighted by Crippen LogP contribution is 2.58. The van der Waals surface area contributed by atoms with Crippen LogP contribution in [0.3, 0.4) is 0 Å². The van der Waals surface area contributed by atoms with Crippen LogP contribution in [-0.2, 0) is 9.53 Å². The average molecular weight is 271 g/mol. The van der Waals surface area contributed by atoms with Gasteiger partial charge in [-0.3, -0.25) is 4.79 Å². The van der Waals surface area contributed by atoms with E-state index in [1.54, 1.807) is 23.5 Å². The van der Waals surface area contributed by atoms with Gasteiger partial charge in [-0.05, 0) is 12.7 Å². The molecular weight excluding hydrogens is 258 g/mol. The van der Waals surface area contributed by atoms with E-state index in [1.165, 1.54) is 4.90 Å². The van der Waals surface area contributed by atoms with Gasteiger partial charge in [0.25, 0.3) is 5.91 Å². The summed E-state index contributed by atoms with van der Waals surface area (Å²) in [6, 6.07) is 0. The van der Waals surface area contributed by atoms with E-state index < -0.39 is 10.2 Å². The zero-order valence-electron chi connectivity index (χ0n) is 9.42. The van der Waals surface area contributed by atoms with Crippen LogP contribution in [0.2, 0.25) is 0 Å². The van der Waals surface area contributed by atoms with Gasteiger partial charge in [0.15, 0.2) is 0 Å². The lowest BCUT2D eigenvalue weighted by Crippen LogP contribution is -2.47. The molecule has 2 fully saturated rings. The third-order valence-corrected chi connectivity index (χ3v) is 6.82. The van der Waals surface area contributed by atoms with Crippen LogP contribution in [0.15, 0.2) is 12.2 Å². The summed E-state index contributed by atoms with van der Waals surface area (Å²) in [7, 11) is 0. The molecule has 0 spiro atoms. The number of carbonyl (C=O) groups is 2. The van der Waals surface area contributed by atoms with Crippen molar-refractivity contribution in [1.82, 2.24) is 4.90 Å². The summed E-state index contributed by atoms with van der Waals surface area (Å²) >= 11 is 3.23. The van der Waals surface area contributed by atoms with Crippen LogP contribution < -0.4 is 0 Å². The highest BCUT2D eigenvalue weighted by Gasteiger charge is 2.56. The van der Waals surface area contributed by atoms with Crippen LogP contribution in [0.1, 0.15) is 6.42 Å². The summed E-state index contributed by atoms with van der Waals surface area (Å²) < 4.78 is 4.33. The Kier molecular flexibility index (Phi) is 2.66. The molecule has 0 radical (unpaired) electrons. The molecule has 0 aromatic carbocycles. The molecule has 17 heavy (non-hydrogen) atoms. The molecule has 0 aromatic heterocycles. The predicted octanol–water partition coefficient (Wildman–Crippen LogP) is 1.72. The summed E-state index contributed by atoms with van der Waals surface area (Å²) in [6.07, 6.45) is 6.76. The number of hydrogen-bond acceptors (Lipinski definition) is 5. The number of thioether (sulfide) groups is 2. The van der Waals surface area contributed by atoms with Crippen molar-refractivity contribution in [2.75, 3.05) is 19.4 Å². The van der Waals surface area contributed by atoms with E-state index in [-0.39, 0.29) is 11.8 Å². The smallest absolute Gasteiger partial charge is 0.416 e. The fourth-order valence-electron chi connectivity index (χ4n) is 2.61. The summed E-state index contributed by atoms with van der Waals surface area (Å²) in [5, 5.41) is 0.426. The molecular formula is C11H13NO3S2. The minimum atomic E-state index is -0.511. The van der Waals surface area contributed by atoms with Gasteiger partial charge in [-0.1, -0.05) is 12.2 Å². The fourth-order valence-corrected chi connectivity index (χ4v) is 5.61. The molecule has 0 unspecified atom stereocenters. The van der Waals surface area contributed by atoms with Crippen molar-refractivity contribution in [2.24, 2.45) is 5.92 Å². The molecule has 92 valence electrons. The lowest BCUT2D eigenvalue weighted by Gasteiger charge is -2.33. The standard InChI is InChI=1S/C11H13NO3S2/c1-16-11(7-2-3-8(6-7)17-11)9(13)12-4-5-15-10(12)14/h2-3,7-8H,4-6H2,1H3/t7-,8+,11+/m1/s1. The number of cyclic esters (lactones) is 1. The summed E-state index contributed by atoms with van der Waals surface area (Å²) in [5.74, 6) is 0.155. The molecule has 6 heteroatoms. The number of hydrogen-bond donors (Lipinski definition) is 0. The minimum absolute atomic E-state index is 0.0886. The number of imide groups is 1. The minimum Gasteiger partial charge on any atom is -0.447 e. The second kappa shape index (κ2) is 3.95. The molecule has 3 rings (SSSR count). The van der Waals surface area contributed by atoms with E-state index in [4.69, 9.17) is 4.74 Å². The number of amides is 2. The fraction of sp³-hybridized carbons (Fsp3) is 0.636. The maximum absolute atomic E-state index is 12.6. The molecule has 0 saturated carbocycles. The molecule has 2 heterocycles. The van der Waals surface area contributed by atoms with Gasteiger partial charge in [-0.15, -0.1) is 23.5 Å². The molecule has 0 N–H and O–H groups in total. The lowest BCUT2D eigenvalue weighted by atomic mass is 10.0. The molecule has 3 atom stereocenters. The van der Waals surface area contributed by atoms with Crippen molar-refractivity contribution in [2.45, 2.75) is 15.7 Å². The Hall–Kier alpha value is -0.620. The molecule has 2 bridgehead atoms. The van der Waals surface area contributed by atoms with E-state index in [1.807, 2.05) is 6.26 Å². The second-order valence-electron chi connectivity index (χ2n) is 4.33. The molecule has 0 aromatic rings. The van der Waals surface area contributed by atoms with Crippen LogP contribution in [0.25, 0.3) is 0 Å². The topological polar surface area (TPSA) is 46.6 Å². The Bertz CT molecular complexity index is 412. The van der Waals surface area contributed by atoms with Crippen molar-refractivity contribution >= 4 is 35.5 Å². The van der Waals surface area contributed by atoms with E-state index >= 15 is 0 Å². The Morgan fingerprint density at radius 3 is 2.94 bits per heavy atom. The van der Waals surface area contributed by atoms with Crippen LogP contribution in [0.5, 0.6) is 0 Å². The second-order valence-corrected chi connectivity index (χ2v) is 7.12.